The van der Waals surface area contributed by atoms with Gasteiger partial charge in [-0.15, -0.1) is 0 Å². The van der Waals surface area contributed by atoms with Crippen LogP contribution in [-0.2, 0) is 6.54 Å². The predicted molar refractivity (Wildman–Crippen MR) is 96.8 cm³/mol. The number of aliphatic hydroxyl groups excluding tert-OH is 1. The minimum Gasteiger partial charge on any atom is -0.485 e. The molecule has 0 aliphatic carbocycles. The fourth-order valence-corrected chi connectivity index (χ4v) is 3.61. The van der Waals surface area contributed by atoms with Crippen molar-refractivity contribution >= 4 is 0 Å². The van der Waals surface area contributed by atoms with Crippen molar-refractivity contribution in [1.82, 2.24) is 4.90 Å². The van der Waals surface area contributed by atoms with E-state index in [0.717, 1.165) is 49.5 Å². The van der Waals surface area contributed by atoms with Gasteiger partial charge in [0.05, 0.1) is 0 Å². The molecule has 2 aliphatic rings. The Morgan fingerprint density at radius 1 is 0.960 bits per heavy atom. The van der Waals surface area contributed by atoms with Gasteiger partial charge in [0, 0.05) is 13.2 Å². The van der Waals surface area contributed by atoms with Gasteiger partial charge in [0.25, 0.3) is 0 Å². The molecule has 1 N–H and O–H groups in total. The molecule has 2 aromatic carbocycles. The van der Waals surface area contributed by atoms with Gasteiger partial charge in [0.15, 0.2) is 17.6 Å². The van der Waals surface area contributed by atoms with Gasteiger partial charge in [0.2, 0.25) is 0 Å². The number of hydrogen-bond donors (Lipinski definition) is 1. The van der Waals surface area contributed by atoms with Gasteiger partial charge in [-0.2, -0.15) is 0 Å². The Morgan fingerprint density at radius 3 is 2.40 bits per heavy atom. The van der Waals surface area contributed by atoms with Crippen LogP contribution < -0.4 is 9.47 Å². The van der Waals surface area contributed by atoms with Gasteiger partial charge < -0.3 is 14.6 Å². The number of aliphatic hydroxyl groups is 1. The zero-order chi connectivity index (χ0) is 17.1. The van der Waals surface area contributed by atoms with E-state index in [2.05, 4.69) is 29.2 Å². The van der Waals surface area contributed by atoms with Crippen LogP contribution in [0.15, 0.2) is 48.5 Å². The summed E-state index contributed by atoms with van der Waals surface area (Å²) in [5.41, 5.74) is 2.47. The highest BCUT2D eigenvalue weighted by Crippen LogP contribution is 2.35. The number of benzene rings is 2. The summed E-state index contributed by atoms with van der Waals surface area (Å²) in [6, 6.07) is 16.5. The standard InChI is InChI=1S/C21H25NO3/c23-14-17-9-11-22(12-10-17)13-16-5-7-18(8-6-16)21-15-24-19-3-1-2-4-20(19)25-21/h1-8,17,21,23H,9-15H2. The van der Waals surface area contributed by atoms with E-state index in [-0.39, 0.29) is 6.10 Å². The van der Waals surface area contributed by atoms with Crippen LogP contribution in [0, 0.1) is 5.92 Å². The first-order valence-electron chi connectivity index (χ1n) is 9.12. The number of nitrogens with zero attached hydrogens (tertiary/aromatic N) is 1. The van der Waals surface area contributed by atoms with Gasteiger partial charge in [-0.05, 0) is 55.1 Å². The molecular weight excluding hydrogens is 314 g/mol. The second-order valence-electron chi connectivity index (χ2n) is 7.01. The monoisotopic (exact) mass is 339 g/mol. The van der Waals surface area contributed by atoms with Crippen LogP contribution in [0.3, 0.4) is 0 Å². The molecule has 1 saturated heterocycles. The van der Waals surface area contributed by atoms with Crippen molar-refractivity contribution in [3.63, 3.8) is 0 Å². The van der Waals surface area contributed by atoms with Crippen LogP contribution >= 0.6 is 0 Å². The number of piperidine rings is 1. The van der Waals surface area contributed by atoms with E-state index in [0.29, 0.717) is 19.1 Å². The summed E-state index contributed by atoms with van der Waals surface area (Å²) >= 11 is 0. The Hall–Kier alpha value is -2.04. The van der Waals surface area contributed by atoms with E-state index in [1.165, 1.54) is 5.56 Å². The smallest absolute Gasteiger partial charge is 0.162 e. The van der Waals surface area contributed by atoms with E-state index in [9.17, 15) is 5.11 Å². The summed E-state index contributed by atoms with van der Waals surface area (Å²) in [5, 5.41) is 9.24. The third-order valence-corrected chi connectivity index (χ3v) is 5.23. The van der Waals surface area contributed by atoms with E-state index >= 15 is 0 Å². The number of rotatable bonds is 4. The molecule has 4 rings (SSSR count). The molecule has 0 radical (unpaired) electrons. The summed E-state index contributed by atoms with van der Waals surface area (Å²) in [6.07, 6.45) is 2.15. The van der Waals surface area contributed by atoms with Crippen molar-refractivity contribution in [2.45, 2.75) is 25.5 Å². The molecule has 1 fully saturated rings. The number of hydrogen-bond acceptors (Lipinski definition) is 4. The molecule has 0 spiro atoms. The SMILES string of the molecule is OCC1CCN(Cc2ccc(C3COc4ccccc4O3)cc2)CC1. The average molecular weight is 339 g/mol. The van der Waals surface area contributed by atoms with Crippen molar-refractivity contribution in [3.05, 3.63) is 59.7 Å². The number of para-hydroxylation sites is 2. The Labute approximate surface area is 149 Å². The number of fused-ring (bicyclic) bond motifs is 1. The molecule has 25 heavy (non-hydrogen) atoms. The largest absolute Gasteiger partial charge is 0.485 e. The maximum atomic E-state index is 9.24. The van der Waals surface area contributed by atoms with Crippen LogP contribution in [0.4, 0.5) is 0 Å². The quantitative estimate of drug-likeness (QED) is 0.927. The summed E-state index contributed by atoms with van der Waals surface area (Å²) in [4.78, 5) is 2.47. The van der Waals surface area contributed by atoms with Crippen LogP contribution in [0.5, 0.6) is 11.5 Å². The number of ether oxygens (including phenoxy) is 2. The first-order valence-corrected chi connectivity index (χ1v) is 9.12. The second-order valence-corrected chi connectivity index (χ2v) is 7.01. The molecule has 0 bridgehead atoms. The van der Waals surface area contributed by atoms with Gasteiger partial charge in [-0.25, -0.2) is 0 Å². The fourth-order valence-electron chi connectivity index (χ4n) is 3.61. The van der Waals surface area contributed by atoms with E-state index in [1.807, 2.05) is 24.3 Å². The highest BCUT2D eigenvalue weighted by molar-refractivity contribution is 5.41. The molecule has 4 nitrogen and oxygen atoms in total. The first kappa shape index (κ1) is 16.4. The third-order valence-electron chi connectivity index (χ3n) is 5.23. The van der Waals surface area contributed by atoms with E-state index in [1.54, 1.807) is 0 Å². The van der Waals surface area contributed by atoms with Crippen molar-refractivity contribution in [2.75, 3.05) is 26.3 Å². The first-order chi connectivity index (χ1) is 12.3. The molecule has 2 aliphatic heterocycles. The van der Waals surface area contributed by atoms with Crippen molar-refractivity contribution in [3.8, 4) is 11.5 Å². The summed E-state index contributed by atoms with van der Waals surface area (Å²) in [7, 11) is 0. The maximum Gasteiger partial charge on any atom is 0.162 e. The lowest BCUT2D eigenvalue weighted by Crippen LogP contribution is -2.34. The van der Waals surface area contributed by atoms with Crippen LogP contribution in [0.25, 0.3) is 0 Å². The predicted octanol–water partition coefficient (Wildman–Crippen LogP) is 3.40. The lowest BCUT2D eigenvalue weighted by atomic mass is 9.97. The van der Waals surface area contributed by atoms with Crippen LogP contribution in [0.1, 0.15) is 30.1 Å². The minimum atomic E-state index is -0.0516. The number of likely N-dealkylation sites (tertiary alicyclic amines) is 1. The lowest BCUT2D eigenvalue weighted by molar-refractivity contribution is 0.0912. The van der Waals surface area contributed by atoms with Gasteiger partial charge in [-0.1, -0.05) is 36.4 Å². The van der Waals surface area contributed by atoms with Gasteiger partial charge >= 0.3 is 0 Å². The highest BCUT2D eigenvalue weighted by Gasteiger charge is 2.22. The fraction of sp³-hybridized carbons (Fsp3) is 0.429. The molecule has 0 saturated carbocycles. The molecule has 0 amide bonds. The zero-order valence-electron chi connectivity index (χ0n) is 14.4. The van der Waals surface area contributed by atoms with Crippen LogP contribution in [0.2, 0.25) is 0 Å². The highest BCUT2D eigenvalue weighted by atomic mass is 16.6. The van der Waals surface area contributed by atoms with Crippen LogP contribution in [-0.4, -0.2) is 36.3 Å². The Morgan fingerprint density at radius 2 is 1.68 bits per heavy atom. The minimum absolute atomic E-state index is 0.0516. The zero-order valence-corrected chi connectivity index (χ0v) is 14.4. The Kier molecular flexibility index (Phi) is 4.90. The average Bonchev–Trinajstić information content (AvgIpc) is 2.69. The Bertz CT molecular complexity index is 693. The normalized spacial score (nSPS) is 21.2. The molecular formula is C21H25NO3. The van der Waals surface area contributed by atoms with Gasteiger partial charge in [0.1, 0.15) is 6.61 Å². The molecule has 132 valence electrons. The molecule has 0 aromatic heterocycles. The summed E-state index contributed by atoms with van der Waals surface area (Å²) < 4.78 is 11.9. The molecule has 4 heteroatoms. The van der Waals surface area contributed by atoms with Crippen molar-refractivity contribution < 1.29 is 14.6 Å². The van der Waals surface area contributed by atoms with Gasteiger partial charge in [-0.3, -0.25) is 4.90 Å². The van der Waals surface area contributed by atoms with E-state index < -0.39 is 0 Å². The third kappa shape index (κ3) is 3.80. The lowest BCUT2D eigenvalue weighted by Gasteiger charge is -2.31. The Balaban J connectivity index is 1.36. The molecule has 2 heterocycles. The van der Waals surface area contributed by atoms with E-state index in [4.69, 9.17) is 9.47 Å². The summed E-state index contributed by atoms with van der Waals surface area (Å²) in [6.45, 7) is 4.00. The molecule has 2 aromatic rings. The summed E-state index contributed by atoms with van der Waals surface area (Å²) in [5.74, 6) is 2.13. The second kappa shape index (κ2) is 7.46. The molecule has 1 atom stereocenters. The van der Waals surface area contributed by atoms with Crippen molar-refractivity contribution in [1.29, 1.82) is 0 Å². The maximum absolute atomic E-state index is 9.24. The van der Waals surface area contributed by atoms with Crippen molar-refractivity contribution in [2.24, 2.45) is 5.92 Å². The molecule has 1 unspecified atom stereocenters. The topological polar surface area (TPSA) is 41.9 Å².